The van der Waals surface area contributed by atoms with Gasteiger partial charge < -0.3 is 10.3 Å². The highest BCUT2D eigenvalue weighted by atomic mass is 15.1. The first-order chi connectivity index (χ1) is 9.01. The number of benzene rings is 1. The van der Waals surface area contributed by atoms with Crippen LogP contribution in [-0.2, 0) is 12.6 Å². The van der Waals surface area contributed by atoms with Crippen molar-refractivity contribution in [2.24, 2.45) is 18.7 Å². The molecule has 1 aliphatic carbocycles. The summed E-state index contributed by atoms with van der Waals surface area (Å²) in [6.07, 6.45) is 4.51. The van der Waals surface area contributed by atoms with Crippen molar-refractivity contribution in [3.63, 3.8) is 0 Å². The Kier molecular flexibility index (Phi) is 2.90. The molecule has 0 saturated heterocycles. The van der Waals surface area contributed by atoms with Gasteiger partial charge in [0.25, 0.3) is 0 Å². The van der Waals surface area contributed by atoms with Gasteiger partial charge in [-0.25, -0.2) is 4.98 Å². The predicted octanol–water partition coefficient (Wildman–Crippen LogP) is 3.25. The van der Waals surface area contributed by atoms with Gasteiger partial charge in [-0.05, 0) is 50.2 Å². The van der Waals surface area contributed by atoms with Gasteiger partial charge in [0.1, 0.15) is 5.82 Å². The molecule has 2 N–H and O–H groups in total. The molecule has 3 nitrogen and oxygen atoms in total. The number of hydrogen-bond acceptors (Lipinski definition) is 2. The maximum atomic E-state index is 6.67. The number of nitrogens with zero attached hydrogens (tertiary/aromatic N) is 2. The largest absolute Gasteiger partial charge is 0.329 e. The Morgan fingerprint density at radius 1 is 1.32 bits per heavy atom. The molecule has 1 aromatic heterocycles. The quantitative estimate of drug-likeness (QED) is 0.852. The van der Waals surface area contributed by atoms with Crippen molar-refractivity contribution in [2.75, 3.05) is 0 Å². The maximum Gasteiger partial charge on any atom is 0.129 e. The number of hydrogen-bond donors (Lipinski definition) is 1. The topological polar surface area (TPSA) is 43.8 Å². The van der Waals surface area contributed by atoms with Gasteiger partial charge in [-0.15, -0.1) is 0 Å². The minimum atomic E-state index is -0.243. The zero-order valence-corrected chi connectivity index (χ0v) is 12.1. The van der Waals surface area contributed by atoms with Crippen LogP contribution in [0.15, 0.2) is 18.2 Å². The summed E-state index contributed by atoms with van der Waals surface area (Å²) in [7, 11) is 2.10. The molecule has 1 fully saturated rings. The van der Waals surface area contributed by atoms with Gasteiger partial charge in [0.15, 0.2) is 0 Å². The van der Waals surface area contributed by atoms with E-state index in [0.29, 0.717) is 0 Å². The van der Waals surface area contributed by atoms with E-state index in [1.165, 1.54) is 23.9 Å². The molecule has 2 aromatic rings. The monoisotopic (exact) mass is 257 g/mol. The normalized spacial score (nSPS) is 27.9. The maximum absolute atomic E-state index is 6.67. The summed E-state index contributed by atoms with van der Waals surface area (Å²) in [6.45, 7) is 4.46. The second kappa shape index (κ2) is 4.34. The summed E-state index contributed by atoms with van der Waals surface area (Å²) in [6, 6.07) is 6.29. The van der Waals surface area contributed by atoms with E-state index in [9.17, 15) is 0 Å². The molecule has 0 atom stereocenters. The van der Waals surface area contributed by atoms with Crippen LogP contribution in [0.2, 0.25) is 0 Å². The summed E-state index contributed by atoms with van der Waals surface area (Å²) < 4.78 is 2.21. The van der Waals surface area contributed by atoms with Crippen LogP contribution >= 0.6 is 0 Å². The zero-order chi connectivity index (χ0) is 13.6. The molecule has 3 heteroatoms. The van der Waals surface area contributed by atoms with Crippen LogP contribution in [0.3, 0.4) is 0 Å². The van der Waals surface area contributed by atoms with Gasteiger partial charge in [0, 0.05) is 7.05 Å². The molecule has 0 aliphatic heterocycles. The van der Waals surface area contributed by atoms with E-state index < -0.39 is 0 Å². The summed E-state index contributed by atoms with van der Waals surface area (Å²) in [5, 5.41) is 0. The third kappa shape index (κ3) is 1.96. The summed E-state index contributed by atoms with van der Waals surface area (Å²) >= 11 is 0. The molecular weight excluding hydrogens is 234 g/mol. The summed E-state index contributed by atoms with van der Waals surface area (Å²) in [5.41, 5.74) is 9.99. The lowest BCUT2D eigenvalue weighted by Crippen LogP contribution is -2.42. The Balaban J connectivity index is 2.10. The van der Waals surface area contributed by atoms with Crippen molar-refractivity contribution in [2.45, 2.75) is 45.1 Å². The molecule has 0 bridgehead atoms. The Morgan fingerprint density at radius 2 is 2.00 bits per heavy atom. The third-order valence-corrected chi connectivity index (χ3v) is 4.71. The average molecular weight is 257 g/mol. The minimum Gasteiger partial charge on any atom is -0.329 e. The van der Waals surface area contributed by atoms with Crippen molar-refractivity contribution in [1.29, 1.82) is 0 Å². The number of aromatic nitrogens is 2. The van der Waals surface area contributed by atoms with E-state index in [1.54, 1.807) is 0 Å². The molecule has 102 valence electrons. The van der Waals surface area contributed by atoms with Crippen LogP contribution in [0.25, 0.3) is 11.0 Å². The van der Waals surface area contributed by atoms with E-state index in [1.807, 2.05) is 0 Å². The number of aryl methyl sites for hydroxylation is 2. The van der Waals surface area contributed by atoms with Crippen molar-refractivity contribution < 1.29 is 0 Å². The van der Waals surface area contributed by atoms with E-state index in [4.69, 9.17) is 10.7 Å². The van der Waals surface area contributed by atoms with E-state index in [-0.39, 0.29) is 5.54 Å². The van der Waals surface area contributed by atoms with Crippen LogP contribution in [0.5, 0.6) is 0 Å². The standard InChI is InChI=1S/C16H23N3/c1-11-7-9-16(17,10-8-11)15-18-13-6-4-5-12(2)14(13)19(15)3/h4-6,11H,7-10,17H2,1-3H3. The second-order valence-corrected chi connectivity index (χ2v) is 6.28. The van der Waals surface area contributed by atoms with Crippen molar-refractivity contribution >= 4 is 11.0 Å². The predicted molar refractivity (Wildman–Crippen MR) is 78.9 cm³/mol. The summed E-state index contributed by atoms with van der Waals surface area (Å²) in [4.78, 5) is 4.83. The smallest absolute Gasteiger partial charge is 0.129 e. The van der Waals surface area contributed by atoms with E-state index in [2.05, 4.69) is 43.7 Å². The molecule has 1 saturated carbocycles. The highest BCUT2D eigenvalue weighted by Gasteiger charge is 2.35. The lowest BCUT2D eigenvalue weighted by atomic mass is 9.77. The molecular formula is C16H23N3. The van der Waals surface area contributed by atoms with Crippen molar-refractivity contribution in [3.8, 4) is 0 Å². The fraction of sp³-hybridized carbons (Fsp3) is 0.562. The Labute approximate surface area is 114 Å². The zero-order valence-electron chi connectivity index (χ0n) is 12.1. The number of fused-ring (bicyclic) bond motifs is 1. The summed E-state index contributed by atoms with van der Waals surface area (Å²) in [5.74, 6) is 1.86. The van der Waals surface area contributed by atoms with Crippen LogP contribution in [-0.4, -0.2) is 9.55 Å². The van der Waals surface area contributed by atoms with Gasteiger partial charge >= 0.3 is 0 Å². The molecule has 0 spiro atoms. The van der Waals surface area contributed by atoms with Gasteiger partial charge in [-0.2, -0.15) is 0 Å². The van der Waals surface area contributed by atoms with Crippen LogP contribution in [0, 0.1) is 12.8 Å². The number of nitrogens with two attached hydrogens (primary N) is 1. The molecule has 1 aromatic carbocycles. The molecule has 0 amide bonds. The highest BCUT2D eigenvalue weighted by molar-refractivity contribution is 5.79. The number of rotatable bonds is 1. The lowest BCUT2D eigenvalue weighted by molar-refractivity contribution is 0.233. The van der Waals surface area contributed by atoms with Crippen LogP contribution in [0.4, 0.5) is 0 Å². The first-order valence-corrected chi connectivity index (χ1v) is 7.23. The van der Waals surface area contributed by atoms with Gasteiger partial charge in [-0.3, -0.25) is 0 Å². The van der Waals surface area contributed by atoms with Gasteiger partial charge in [0.05, 0.1) is 16.6 Å². The van der Waals surface area contributed by atoms with Crippen molar-refractivity contribution in [1.82, 2.24) is 9.55 Å². The first-order valence-electron chi connectivity index (χ1n) is 7.23. The lowest BCUT2D eigenvalue weighted by Gasteiger charge is -2.35. The Bertz CT molecular complexity index is 604. The second-order valence-electron chi connectivity index (χ2n) is 6.28. The molecule has 19 heavy (non-hydrogen) atoms. The first kappa shape index (κ1) is 12.7. The molecule has 0 radical (unpaired) electrons. The fourth-order valence-electron chi connectivity index (χ4n) is 3.41. The third-order valence-electron chi connectivity index (χ3n) is 4.71. The Morgan fingerprint density at radius 3 is 2.63 bits per heavy atom. The molecule has 1 aliphatic rings. The molecule has 1 heterocycles. The Hall–Kier alpha value is -1.35. The fourth-order valence-corrected chi connectivity index (χ4v) is 3.41. The highest BCUT2D eigenvalue weighted by Crippen LogP contribution is 2.38. The molecule has 0 unspecified atom stereocenters. The van der Waals surface area contributed by atoms with Gasteiger partial charge in [-0.1, -0.05) is 19.1 Å². The van der Waals surface area contributed by atoms with E-state index in [0.717, 1.165) is 30.1 Å². The van der Waals surface area contributed by atoms with Crippen LogP contribution in [0.1, 0.15) is 44.0 Å². The van der Waals surface area contributed by atoms with Gasteiger partial charge in [0.2, 0.25) is 0 Å². The SMILES string of the molecule is Cc1cccc2nc(C3(N)CCC(C)CC3)n(C)c12. The van der Waals surface area contributed by atoms with Crippen LogP contribution < -0.4 is 5.73 Å². The van der Waals surface area contributed by atoms with Crippen molar-refractivity contribution in [3.05, 3.63) is 29.6 Å². The number of para-hydroxylation sites is 1. The average Bonchev–Trinajstić information content (AvgIpc) is 2.73. The van der Waals surface area contributed by atoms with E-state index >= 15 is 0 Å². The molecule has 3 rings (SSSR count). The number of imidazole rings is 1. The minimum absolute atomic E-state index is 0.243.